The number of fused-ring (bicyclic) bond motifs is 2. The standard InChI is InChI=1S/C28H37BN2O5S/c1-27(2)28(3,4)36-29(35-27)16-8-10-19-9-5-13-22(17-19)37(33,34)31-26(32)30-25-23-14-6-11-20(23)18-21-12-7-15-24(21)25/h5,9,13,17-18H,6-8,10-12,14-16H2,1-4H3,(H2,30,31,32). The average molecular weight is 524 g/mol. The van der Waals surface area contributed by atoms with Crippen LogP contribution >= 0.6 is 0 Å². The molecule has 3 aliphatic rings. The molecule has 1 fully saturated rings. The summed E-state index contributed by atoms with van der Waals surface area (Å²) < 4.78 is 40.5. The van der Waals surface area contributed by atoms with Crippen LogP contribution in [0, 0.1) is 0 Å². The lowest BCUT2D eigenvalue weighted by Gasteiger charge is -2.32. The van der Waals surface area contributed by atoms with Gasteiger partial charge in [0.15, 0.2) is 0 Å². The van der Waals surface area contributed by atoms with Gasteiger partial charge in [0.1, 0.15) is 0 Å². The first-order chi connectivity index (χ1) is 17.5. The number of hydrogen-bond donors (Lipinski definition) is 2. The summed E-state index contributed by atoms with van der Waals surface area (Å²) in [4.78, 5) is 13.0. The first kappa shape index (κ1) is 26.3. The summed E-state index contributed by atoms with van der Waals surface area (Å²) in [5.41, 5.74) is 5.88. The van der Waals surface area contributed by atoms with E-state index in [2.05, 4.69) is 16.1 Å². The third-order valence-corrected chi connectivity index (χ3v) is 9.68. The second kappa shape index (κ2) is 9.75. The van der Waals surface area contributed by atoms with Gasteiger partial charge in [-0.15, -0.1) is 0 Å². The van der Waals surface area contributed by atoms with Crippen LogP contribution in [0.2, 0.25) is 6.32 Å². The molecule has 0 spiro atoms. The van der Waals surface area contributed by atoms with E-state index in [0.29, 0.717) is 6.42 Å². The van der Waals surface area contributed by atoms with Crippen LogP contribution in [0.4, 0.5) is 10.5 Å². The number of hydrogen-bond acceptors (Lipinski definition) is 5. The van der Waals surface area contributed by atoms with E-state index in [9.17, 15) is 13.2 Å². The predicted octanol–water partition coefficient (Wildman–Crippen LogP) is 5.20. The first-order valence-electron chi connectivity index (χ1n) is 13.4. The molecule has 7 nitrogen and oxygen atoms in total. The molecular weight excluding hydrogens is 487 g/mol. The van der Waals surface area contributed by atoms with E-state index < -0.39 is 16.1 Å². The maximum absolute atomic E-state index is 13.1. The van der Waals surface area contributed by atoms with E-state index in [1.54, 1.807) is 12.1 Å². The molecule has 1 aliphatic heterocycles. The number of carbonyl (C=O) groups excluding carboxylic acids is 1. The number of nitrogens with one attached hydrogen (secondary N) is 2. The molecule has 0 saturated carbocycles. The Morgan fingerprint density at radius 2 is 1.57 bits per heavy atom. The molecule has 9 heteroatoms. The largest absolute Gasteiger partial charge is 0.457 e. The lowest BCUT2D eigenvalue weighted by molar-refractivity contribution is 0.00578. The number of sulfonamides is 1. The predicted molar refractivity (Wildman–Crippen MR) is 145 cm³/mol. The van der Waals surface area contributed by atoms with Crippen LogP contribution in [0.15, 0.2) is 35.2 Å². The maximum Gasteiger partial charge on any atom is 0.457 e. The average Bonchev–Trinajstić information content (AvgIpc) is 3.51. The second-order valence-corrected chi connectivity index (χ2v) is 13.2. The lowest BCUT2D eigenvalue weighted by Crippen LogP contribution is -2.41. The van der Waals surface area contributed by atoms with Gasteiger partial charge < -0.3 is 14.6 Å². The van der Waals surface area contributed by atoms with Crippen LogP contribution in [0.1, 0.15) is 74.8 Å². The van der Waals surface area contributed by atoms with Crippen molar-refractivity contribution in [1.29, 1.82) is 0 Å². The summed E-state index contributed by atoms with van der Waals surface area (Å²) in [6, 6.07) is 8.35. The molecule has 0 unspecified atom stereocenters. The third kappa shape index (κ3) is 5.31. The molecule has 0 aromatic heterocycles. The van der Waals surface area contributed by atoms with Crippen LogP contribution in [-0.2, 0) is 51.4 Å². The van der Waals surface area contributed by atoms with Gasteiger partial charge in [0.05, 0.1) is 16.1 Å². The van der Waals surface area contributed by atoms with Crippen molar-refractivity contribution in [3.8, 4) is 0 Å². The van der Waals surface area contributed by atoms with Crippen molar-refractivity contribution in [2.45, 2.75) is 101 Å². The zero-order chi connectivity index (χ0) is 26.4. The Hall–Kier alpha value is -2.36. The van der Waals surface area contributed by atoms with E-state index in [-0.39, 0.29) is 23.2 Å². The second-order valence-electron chi connectivity index (χ2n) is 11.5. The van der Waals surface area contributed by atoms with Crippen molar-refractivity contribution in [1.82, 2.24) is 4.72 Å². The minimum atomic E-state index is -4.01. The van der Waals surface area contributed by atoms with E-state index in [1.165, 1.54) is 17.2 Å². The summed E-state index contributed by atoms with van der Waals surface area (Å²) in [5, 5.41) is 2.90. The van der Waals surface area contributed by atoms with Crippen LogP contribution in [0.5, 0.6) is 0 Å². The van der Waals surface area contributed by atoms with Crippen LogP contribution < -0.4 is 10.0 Å². The molecule has 0 bridgehead atoms. The number of urea groups is 1. The van der Waals surface area contributed by atoms with E-state index in [4.69, 9.17) is 9.31 Å². The quantitative estimate of drug-likeness (QED) is 0.486. The molecule has 0 radical (unpaired) electrons. The summed E-state index contributed by atoms with van der Waals surface area (Å²) in [7, 11) is -4.29. The fourth-order valence-electron chi connectivity index (χ4n) is 5.71. The smallest absolute Gasteiger partial charge is 0.403 e. The van der Waals surface area contributed by atoms with Gasteiger partial charge in [-0.05, 0) is 119 Å². The summed E-state index contributed by atoms with van der Waals surface area (Å²) >= 11 is 0. The van der Waals surface area contributed by atoms with Crippen molar-refractivity contribution in [3.63, 3.8) is 0 Å². The SMILES string of the molecule is CC1(C)OB(CCCc2cccc(S(=O)(=O)NC(=O)Nc3c4c(cc5c3CCC5)CCC4)c2)OC1(C)C. The van der Waals surface area contributed by atoms with Crippen molar-refractivity contribution < 1.29 is 22.5 Å². The Labute approximate surface area is 220 Å². The Morgan fingerprint density at radius 1 is 0.946 bits per heavy atom. The number of carbonyl (C=O) groups is 1. The molecule has 198 valence electrons. The first-order valence-corrected chi connectivity index (χ1v) is 14.9. The molecule has 1 heterocycles. The van der Waals surface area contributed by atoms with Crippen molar-refractivity contribution >= 4 is 28.9 Å². The number of amides is 2. The van der Waals surface area contributed by atoms with Crippen LogP contribution in [-0.4, -0.2) is 32.8 Å². The molecule has 5 rings (SSSR count). The summed E-state index contributed by atoms with van der Waals surface area (Å²) in [5.74, 6) is 0. The van der Waals surface area contributed by atoms with Gasteiger partial charge in [0.25, 0.3) is 10.0 Å². The topological polar surface area (TPSA) is 93.7 Å². The van der Waals surface area contributed by atoms with Gasteiger partial charge in [0.2, 0.25) is 0 Å². The Balaban J connectivity index is 1.22. The highest BCUT2D eigenvalue weighted by atomic mass is 32.2. The highest BCUT2D eigenvalue weighted by Crippen LogP contribution is 2.39. The van der Waals surface area contributed by atoms with Crippen LogP contribution in [0.25, 0.3) is 0 Å². The molecule has 1 saturated heterocycles. The normalized spacial score (nSPS) is 19.5. The highest BCUT2D eigenvalue weighted by molar-refractivity contribution is 7.90. The zero-order valence-corrected chi connectivity index (χ0v) is 23.1. The van der Waals surface area contributed by atoms with E-state index >= 15 is 0 Å². The maximum atomic E-state index is 13.1. The molecule has 2 aromatic rings. The minimum Gasteiger partial charge on any atom is -0.403 e. The van der Waals surface area contributed by atoms with Crippen molar-refractivity contribution in [2.75, 3.05) is 5.32 Å². The van der Waals surface area contributed by atoms with Crippen molar-refractivity contribution in [2.24, 2.45) is 0 Å². The van der Waals surface area contributed by atoms with Crippen LogP contribution in [0.3, 0.4) is 0 Å². The molecule has 2 aliphatic carbocycles. The van der Waals surface area contributed by atoms with E-state index in [0.717, 1.165) is 73.6 Å². The third-order valence-electron chi connectivity index (χ3n) is 8.35. The molecule has 2 aromatic carbocycles. The fraction of sp³-hybridized carbons (Fsp3) is 0.536. The van der Waals surface area contributed by atoms with Gasteiger partial charge >= 0.3 is 13.1 Å². The van der Waals surface area contributed by atoms with E-state index in [1.807, 2.05) is 33.8 Å². The van der Waals surface area contributed by atoms with Crippen molar-refractivity contribution in [3.05, 3.63) is 58.1 Å². The Kier molecular flexibility index (Phi) is 6.92. The number of anilines is 1. The van der Waals surface area contributed by atoms with Gasteiger partial charge in [-0.25, -0.2) is 17.9 Å². The zero-order valence-electron chi connectivity index (χ0n) is 22.3. The van der Waals surface area contributed by atoms with Gasteiger partial charge in [-0.2, -0.15) is 0 Å². The summed E-state index contributed by atoms with van der Waals surface area (Å²) in [6.45, 7) is 8.12. The Morgan fingerprint density at radius 3 is 2.19 bits per heavy atom. The summed E-state index contributed by atoms with van der Waals surface area (Å²) in [6.07, 6.45) is 8.17. The number of rotatable bonds is 7. The molecule has 0 atom stereocenters. The Bertz CT molecular complexity index is 1270. The highest BCUT2D eigenvalue weighted by Gasteiger charge is 2.50. The number of aryl methyl sites for hydroxylation is 3. The number of benzene rings is 2. The monoisotopic (exact) mass is 524 g/mol. The van der Waals surface area contributed by atoms with Gasteiger partial charge in [0, 0.05) is 5.69 Å². The molecule has 2 amide bonds. The fourth-order valence-corrected chi connectivity index (χ4v) is 6.69. The molecular formula is C28H37BN2O5S. The van der Waals surface area contributed by atoms with Gasteiger partial charge in [-0.1, -0.05) is 24.6 Å². The lowest BCUT2D eigenvalue weighted by atomic mass is 9.82. The van der Waals surface area contributed by atoms with Gasteiger partial charge in [-0.3, -0.25) is 0 Å². The minimum absolute atomic E-state index is 0.0827. The molecule has 2 N–H and O–H groups in total. The molecule has 37 heavy (non-hydrogen) atoms.